The third-order valence-electron chi connectivity index (χ3n) is 2.66. The third-order valence-corrected chi connectivity index (χ3v) is 2.66. The lowest BCUT2D eigenvalue weighted by Crippen LogP contribution is -2.27. The number of benzene rings is 1. The van der Waals surface area contributed by atoms with Crippen LogP contribution in [0.15, 0.2) is 30.3 Å². The van der Waals surface area contributed by atoms with Gasteiger partial charge in [0.25, 0.3) is 0 Å². The Bertz CT molecular complexity index is 302. The van der Waals surface area contributed by atoms with Gasteiger partial charge in [0.1, 0.15) is 6.23 Å². The van der Waals surface area contributed by atoms with E-state index in [4.69, 9.17) is 9.84 Å². The lowest BCUT2D eigenvalue weighted by Gasteiger charge is -2.21. The van der Waals surface area contributed by atoms with Crippen LogP contribution < -0.4 is 0 Å². The molecule has 1 saturated heterocycles. The fourth-order valence-electron chi connectivity index (χ4n) is 2.02. The number of aliphatic hydroxyl groups is 1. The summed E-state index contributed by atoms with van der Waals surface area (Å²) in [5.41, 5.74) is 1.16. The maximum Gasteiger partial charge on any atom is 0.137 e. The second kappa shape index (κ2) is 4.75. The molecule has 0 saturated carbocycles. The molecule has 0 radical (unpaired) electrons. The SMILES string of the molecule is CC1CN(CCO)C(c2ccccc2)O1. The molecule has 0 aromatic heterocycles. The number of hydrogen-bond acceptors (Lipinski definition) is 3. The molecular weight excluding hydrogens is 190 g/mol. The van der Waals surface area contributed by atoms with Crippen molar-refractivity contribution in [1.29, 1.82) is 0 Å². The van der Waals surface area contributed by atoms with Crippen molar-refractivity contribution in [3.63, 3.8) is 0 Å². The molecule has 3 heteroatoms. The Kier molecular flexibility index (Phi) is 3.36. The summed E-state index contributed by atoms with van der Waals surface area (Å²) >= 11 is 0. The van der Waals surface area contributed by atoms with Gasteiger partial charge in [0.15, 0.2) is 0 Å². The number of β-amino-alcohol motifs (C(OH)–C–C–N with tert-alkyl or cyclic N) is 1. The van der Waals surface area contributed by atoms with Gasteiger partial charge in [-0.05, 0) is 12.5 Å². The largest absolute Gasteiger partial charge is 0.395 e. The molecule has 1 N–H and O–H groups in total. The monoisotopic (exact) mass is 207 g/mol. The Hall–Kier alpha value is -0.900. The Balaban J connectivity index is 2.13. The van der Waals surface area contributed by atoms with Gasteiger partial charge < -0.3 is 9.84 Å². The van der Waals surface area contributed by atoms with Gasteiger partial charge in [-0.15, -0.1) is 0 Å². The average molecular weight is 207 g/mol. The summed E-state index contributed by atoms with van der Waals surface area (Å²) in [6.07, 6.45) is 0.245. The fourth-order valence-corrected chi connectivity index (χ4v) is 2.02. The standard InChI is InChI=1S/C12H17NO2/c1-10-9-13(7-8-14)12(15-10)11-5-3-2-4-6-11/h2-6,10,12,14H,7-9H2,1H3. The second-order valence-corrected chi connectivity index (χ2v) is 3.93. The molecule has 0 spiro atoms. The molecule has 1 aromatic carbocycles. The highest BCUT2D eigenvalue weighted by molar-refractivity contribution is 5.18. The van der Waals surface area contributed by atoms with Gasteiger partial charge in [0.05, 0.1) is 12.7 Å². The summed E-state index contributed by atoms with van der Waals surface area (Å²) in [6, 6.07) is 10.1. The van der Waals surface area contributed by atoms with E-state index in [2.05, 4.69) is 24.0 Å². The van der Waals surface area contributed by atoms with Crippen LogP contribution in [0, 0.1) is 0 Å². The van der Waals surface area contributed by atoms with E-state index in [0.717, 1.165) is 12.1 Å². The molecule has 1 aliphatic rings. The smallest absolute Gasteiger partial charge is 0.137 e. The van der Waals surface area contributed by atoms with Crippen LogP contribution in [-0.2, 0) is 4.74 Å². The molecule has 3 nitrogen and oxygen atoms in total. The first kappa shape index (κ1) is 10.6. The van der Waals surface area contributed by atoms with Crippen molar-refractivity contribution in [2.75, 3.05) is 19.7 Å². The van der Waals surface area contributed by atoms with Gasteiger partial charge in [-0.25, -0.2) is 0 Å². The highest BCUT2D eigenvalue weighted by Gasteiger charge is 2.30. The Morgan fingerprint density at radius 2 is 2.13 bits per heavy atom. The first-order chi connectivity index (χ1) is 7.31. The quantitative estimate of drug-likeness (QED) is 0.813. The Labute approximate surface area is 90.3 Å². The zero-order valence-corrected chi connectivity index (χ0v) is 8.97. The summed E-state index contributed by atoms with van der Waals surface area (Å²) in [6.45, 7) is 3.80. The highest BCUT2D eigenvalue weighted by atomic mass is 16.5. The van der Waals surface area contributed by atoms with Gasteiger partial charge in [0.2, 0.25) is 0 Å². The molecule has 2 rings (SSSR count). The molecule has 15 heavy (non-hydrogen) atoms. The van der Waals surface area contributed by atoms with Crippen molar-refractivity contribution in [2.24, 2.45) is 0 Å². The van der Waals surface area contributed by atoms with Crippen LogP contribution in [0.5, 0.6) is 0 Å². The van der Waals surface area contributed by atoms with E-state index in [1.54, 1.807) is 0 Å². The summed E-state index contributed by atoms with van der Waals surface area (Å²) < 4.78 is 5.83. The highest BCUT2D eigenvalue weighted by Crippen LogP contribution is 2.29. The molecule has 82 valence electrons. The zero-order chi connectivity index (χ0) is 10.7. The molecule has 2 unspecified atom stereocenters. The van der Waals surface area contributed by atoms with Crippen molar-refractivity contribution in [1.82, 2.24) is 4.90 Å². The number of hydrogen-bond donors (Lipinski definition) is 1. The Morgan fingerprint density at radius 1 is 1.40 bits per heavy atom. The average Bonchev–Trinajstić information content (AvgIpc) is 2.62. The van der Waals surface area contributed by atoms with Crippen molar-refractivity contribution in [3.05, 3.63) is 35.9 Å². The predicted octanol–water partition coefficient (Wildman–Crippen LogP) is 1.40. The molecule has 0 aliphatic carbocycles. The summed E-state index contributed by atoms with van der Waals surface area (Å²) in [4.78, 5) is 2.17. The van der Waals surface area contributed by atoms with Crippen LogP contribution in [0.4, 0.5) is 0 Å². The van der Waals surface area contributed by atoms with Crippen molar-refractivity contribution in [3.8, 4) is 0 Å². The molecule has 2 atom stereocenters. The molecule has 1 aromatic rings. The maximum atomic E-state index is 8.98. The van der Waals surface area contributed by atoms with E-state index in [-0.39, 0.29) is 18.9 Å². The van der Waals surface area contributed by atoms with Crippen molar-refractivity contribution < 1.29 is 9.84 Å². The van der Waals surface area contributed by atoms with Crippen molar-refractivity contribution >= 4 is 0 Å². The van der Waals surface area contributed by atoms with E-state index in [1.807, 2.05) is 18.2 Å². The van der Waals surface area contributed by atoms with Crippen LogP contribution >= 0.6 is 0 Å². The van der Waals surface area contributed by atoms with E-state index >= 15 is 0 Å². The van der Waals surface area contributed by atoms with Gasteiger partial charge >= 0.3 is 0 Å². The Morgan fingerprint density at radius 3 is 2.80 bits per heavy atom. The first-order valence-electron chi connectivity index (χ1n) is 5.36. The minimum absolute atomic E-state index is 0.00773. The molecule has 1 aliphatic heterocycles. The van der Waals surface area contributed by atoms with Crippen LogP contribution in [0.1, 0.15) is 18.7 Å². The summed E-state index contributed by atoms with van der Waals surface area (Å²) in [5, 5.41) is 8.98. The zero-order valence-electron chi connectivity index (χ0n) is 8.97. The van der Waals surface area contributed by atoms with Crippen LogP contribution in [-0.4, -0.2) is 35.8 Å². The van der Waals surface area contributed by atoms with Crippen LogP contribution in [0.25, 0.3) is 0 Å². The lowest BCUT2D eigenvalue weighted by atomic mass is 10.2. The molecular formula is C12H17NO2. The maximum absolute atomic E-state index is 8.98. The van der Waals surface area contributed by atoms with Crippen LogP contribution in [0.2, 0.25) is 0 Å². The van der Waals surface area contributed by atoms with E-state index < -0.39 is 0 Å². The topological polar surface area (TPSA) is 32.7 Å². The molecule has 0 amide bonds. The number of nitrogens with zero attached hydrogens (tertiary/aromatic N) is 1. The minimum Gasteiger partial charge on any atom is -0.395 e. The number of ether oxygens (including phenoxy) is 1. The van der Waals surface area contributed by atoms with Crippen LogP contribution in [0.3, 0.4) is 0 Å². The number of aliphatic hydroxyl groups excluding tert-OH is 1. The summed E-state index contributed by atoms with van der Waals surface area (Å²) in [7, 11) is 0. The van der Waals surface area contributed by atoms with E-state index in [9.17, 15) is 0 Å². The van der Waals surface area contributed by atoms with Crippen molar-refractivity contribution in [2.45, 2.75) is 19.3 Å². The molecule has 1 heterocycles. The normalized spacial score (nSPS) is 27.1. The lowest BCUT2D eigenvalue weighted by molar-refractivity contribution is -0.000176. The van der Waals surface area contributed by atoms with Gasteiger partial charge in [-0.1, -0.05) is 30.3 Å². The van der Waals surface area contributed by atoms with E-state index in [0.29, 0.717) is 6.54 Å². The van der Waals surface area contributed by atoms with Gasteiger partial charge in [0, 0.05) is 13.1 Å². The first-order valence-corrected chi connectivity index (χ1v) is 5.36. The summed E-state index contributed by atoms with van der Waals surface area (Å²) in [5.74, 6) is 0. The molecule has 1 fully saturated rings. The fraction of sp³-hybridized carbons (Fsp3) is 0.500. The minimum atomic E-state index is 0.00773. The second-order valence-electron chi connectivity index (χ2n) is 3.93. The van der Waals surface area contributed by atoms with Gasteiger partial charge in [-0.3, -0.25) is 4.90 Å². The van der Waals surface area contributed by atoms with Gasteiger partial charge in [-0.2, -0.15) is 0 Å². The predicted molar refractivity (Wildman–Crippen MR) is 58.4 cm³/mol. The van der Waals surface area contributed by atoms with E-state index in [1.165, 1.54) is 0 Å². The number of rotatable bonds is 3. The third kappa shape index (κ3) is 2.37. The molecule has 0 bridgehead atoms.